The van der Waals surface area contributed by atoms with Crippen molar-refractivity contribution in [1.82, 2.24) is 5.32 Å². The zero-order valence-electron chi connectivity index (χ0n) is 11.0. The summed E-state index contributed by atoms with van der Waals surface area (Å²) in [7, 11) is 2.06. The van der Waals surface area contributed by atoms with E-state index in [-0.39, 0.29) is 0 Å². The summed E-state index contributed by atoms with van der Waals surface area (Å²) in [6, 6.07) is 1.25. The maximum Gasteiger partial charge on any atom is 0.332 e. The van der Waals surface area contributed by atoms with E-state index < -0.39 is 8.60 Å². The molecule has 0 amide bonds. The van der Waals surface area contributed by atoms with Crippen LogP contribution in [-0.2, 0) is 13.6 Å². The van der Waals surface area contributed by atoms with Gasteiger partial charge in [-0.3, -0.25) is 0 Å². The van der Waals surface area contributed by atoms with Gasteiger partial charge in [0.2, 0.25) is 0 Å². The molecule has 94 valence electrons. The van der Waals surface area contributed by atoms with Crippen molar-refractivity contribution in [2.75, 3.05) is 20.8 Å². The highest BCUT2D eigenvalue weighted by atomic mass is 31.2. The van der Waals surface area contributed by atoms with Crippen molar-refractivity contribution in [3.8, 4) is 0 Å². The monoisotopic (exact) mass is 239 g/mol. The molecule has 0 fully saturated rings. The van der Waals surface area contributed by atoms with Gasteiger partial charge in [0.05, 0.1) is 6.61 Å². The average Bonchev–Trinajstić information content (AvgIpc) is 2.13. The fourth-order valence-electron chi connectivity index (χ4n) is 0.952. The van der Waals surface area contributed by atoms with Gasteiger partial charge < -0.3 is 18.9 Å². The Morgan fingerprint density at radius 3 is 1.47 bits per heavy atom. The highest BCUT2D eigenvalue weighted by Gasteiger charge is 2.03. The van der Waals surface area contributed by atoms with E-state index in [1.165, 1.54) is 0 Å². The van der Waals surface area contributed by atoms with Gasteiger partial charge in [0.1, 0.15) is 0 Å². The second-order valence-electron chi connectivity index (χ2n) is 3.48. The lowest BCUT2D eigenvalue weighted by Gasteiger charge is -2.10. The maximum absolute atomic E-state index is 4.96. The molecule has 0 radical (unpaired) electrons. The smallest absolute Gasteiger partial charge is 0.316 e. The number of nitrogens with one attached hydrogen (secondary N) is 1. The van der Waals surface area contributed by atoms with E-state index in [1.807, 2.05) is 6.92 Å². The molecule has 5 heteroatoms. The molecule has 0 heterocycles. The van der Waals surface area contributed by atoms with Crippen molar-refractivity contribution in [2.45, 2.75) is 46.7 Å². The van der Waals surface area contributed by atoms with Gasteiger partial charge in [-0.05, 0) is 6.92 Å². The standard InChI is InChI=1S/C6H15N.C4H11O3P/c1-5(2)7-6(3)4;1-4-7-8(5-2)6-3/h5-7H,1-4H3;4H2,1-3H3. The molecule has 4 nitrogen and oxygen atoms in total. The zero-order chi connectivity index (χ0) is 12.3. The van der Waals surface area contributed by atoms with Crippen LogP contribution in [0.2, 0.25) is 0 Å². The van der Waals surface area contributed by atoms with Crippen molar-refractivity contribution in [2.24, 2.45) is 0 Å². The molecule has 0 saturated heterocycles. The minimum atomic E-state index is -1.06. The summed E-state index contributed by atoms with van der Waals surface area (Å²) in [4.78, 5) is 0. The van der Waals surface area contributed by atoms with E-state index >= 15 is 0 Å². The van der Waals surface area contributed by atoms with Gasteiger partial charge in [0.25, 0.3) is 0 Å². The second-order valence-corrected chi connectivity index (χ2v) is 4.92. The summed E-state index contributed by atoms with van der Waals surface area (Å²) >= 11 is 0. The molecule has 0 saturated carbocycles. The molecule has 0 aliphatic carbocycles. The van der Waals surface area contributed by atoms with Crippen molar-refractivity contribution < 1.29 is 13.6 Å². The Bertz CT molecular complexity index is 113. The van der Waals surface area contributed by atoms with Crippen LogP contribution >= 0.6 is 8.60 Å². The highest BCUT2D eigenvalue weighted by Crippen LogP contribution is 2.36. The van der Waals surface area contributed by atoms with Crippen molar-refractivity contribution >= 4 is 8.60 Å². The predicted octanol–water partition coefficient (Wildman–Crippen LogP) is 2.94. The SMILES string of the molecule is CC(C)NC(C)C.CCOP(OC)OC. The van der Waals surface area contributed by atoms with Crippen LogP contribution in [0.4, 0.5) is 0 Å². The van der Waals surface area contributed by atoms with Gasteiger partial charge in [0, 0.05) is 26.3 Å². The van der Waals surface area contributed by atoms with Crippen molar-refractivity contribution in [3.63, 3.8) is 0 Å². The zero-order valence-corrected chi connectivity index (χ0v) is 11.9. The molecule has 15 heavy (non-hydrogen) atoms. The first-order chi connectivity index (χ1) is 6.97. The van der Waals surface area contributed by atoms with Gasteiger partial charge >= 0.3 is 8.60 Å². The topological polar surface area (TPSA) is 39.7 Å². The van der Waals surface area contributed by atoms with Crippen LogP contribution in [0, 0.1) is 0 Å². The Kier molecular flexibility index (Phi) is 14.5. The molecule has 1 N–H and O–H groups in total. The van der Waals surface area contributed by atoms with Crippen LogP contribution in [0.15, 0.2) is 0 Å². The lowest BCUT2D eigenvalue weighted by Crippen LogP contribution is -2.29. The fourth-order valence-corrected chi connectivity index (χ4v) is 1.52. The van der Waals surface area contributed by atoms with Crippen LogP contribution < -0.4 is 5.32 Å². The normalized spacial score (nSPS) is 10.8. The van der Waals surface area contributed by atoms with E-state index in [1.54, 1.807) is 14.2 Å². The van der Waals surface area contributed by atoms with Crippen LogP contribution in [-0.4, -0.2) is 32.9 Å². The van der Waals surface area contributed by atoms with Crippen LogP contribution in [0.5, 0.6) is 0 Å². The van der Waals surface area contributed by atoms with E-state index in [2.05, 4.69) is 33.0 Å². The Labute approximate surface area is 95.7 Å². The third-order valence-corrected chi connectivity index (χ3v) is 2.26. The quantitative estimate of drug-likeness (QED) is 0.723. The number of rotatable bonds is 6. The molecule has 0 aromatic carbocycles. The first-order valence-corrected chi connectivity index (χ1v) is 6.34. The number of hydrogen-bond donors (Lipinski definition) is 1. The Morgan fingerprint density at radius 2 is 1.40 bits per heavy atom. The minimum absolute atomic E-state index is 0.625. The molecule has 0 aliphatic heterocycles. The van der Waals surface area contributed by atoms with Crippen LogP contribution in [0.3, 0.4) is 0 Å². The minimum Gasteiger partial charge on any atom is -0.316 e. The molecule has 0 atom stereocenters. The summed E-state index contributed by atoms with van der Waals surface area (Å²) in [6.07, 6.45) is 0. The van der Waals surface area contributed by atoms with Gasteiger partial charge in [-0.15, -0.1) is 0 Å². The van der Waals surface area contributed by atoms with Gasteiger partial charge in [0.15, 0.2) is 0 Å². The Balaban J connectivity index is 0. The Morgan fingerprint density at radius 1 is 1.00 bits per heavy atom. The first kappa shape index (κ1) is 17.7. The molecule has 0 aliphatic rings. The van der Waals surface area contributed by atoms with Gasteiger partial charge in [-0.2, -0.15) is 0 Å². The highest BCUT2D eigenvalue weighted by molar-refractivity contribution is 7.41. The molecule has 0 aromatic heterocycles. The molecular formula is C10H26NO3P. The molecule has 0 spiro atoms. The molecule has 0 unspecified atom stereocenters. The van der Waals surface area contributed by atoms with Crippen molar-refractivity contribution in [1.29, 1.82) is 0 Å². The predicted molar refractivity (Wildman–Crippen MR) is 66.0 cm³/mol. The third-order valence-electron chi connectivity index (χ3n) is 1.20. The number of hydrogen-bond acceptors (Lipinski definition) is 4. The summed E-state index contributed by atoms with van der Waals surface area (Å²) in [5.41, 5.74) is 0. The van der Waals surface area contributed by atoms with Crippen LogP contribution in [0.1, 0.15) is 34.6 Å². The van der Waals surface area contributed by atoms with E-state index in [9.17, 15) is 0 Å². The van der Waals surface area contributed by atoms with Gasteiger partial charge in [-0.1, -0.05) is 27.7 Å². The van der Waals surface area contributed by atoms with E-state index in [4.69, 9.17) is 13.6 Å². The second kappa shape index (κ2) is 12.3. The summed E-state index contributed by atoms with van der Waals surface area (Å²) in [5.74, 6) is 0. The van der Waals surface area contributed by atoms with E-state index in [0.29, 0.717) is 18.7 Å². The summed E-state index contributed by atoms with van der Waals surface area (Å²) < 4.78 is 14.5. The average molecular weight is 239 g/mol. The molecular weight excluding hydrogens is 213 g/mol. The first-order valence-electron chi connectivity index (χ1n) is 5.25. The van der Waals surface area contributed by atoms with E-state index in [0.717, 1.165) is 0 Å². The lowest BCUT2D eigenvalue weighted by atomic mass is 10.3. The third kappa shape index (κ3) is 16.9. The molecule has 0 bridgehead atoms. The fraction of sp³-hybridized carbons (Fsp3) is 1.00. The summed E-state index contributed by atoms with van der Waals surface area (Å²) in [6.45, 7) is 11.1. The molecule has 0 aromatic rings. The van der Waals surface area contributed by atoms with Crippen LogP contribution in [0.25, 0.3) is 0 Å². The van der Waals surface area contributed by atoms with Gasteiger partial charge in [-0.25, -0.2) is 0 Å². The maximum atomic E-state index is 4.96. The Hall–Kier alpha value is 0.270. The molecule has 0 rings (SSSR count). The summed E-state index contributed by atoms with van der Waals surface area (Å²) in [5, 5.41) is 3.31. The lowest BCUT2D eigenvalue weighted by molar-refractivity contribution is 0.214. The largest absolute Gasteiger partial charge is 0.332 e. The van der Waals surface area contributed by atoms with Crippen molar-refractivity contribution in [3.05, 3.63) is 0 Å².